The maximum absolute atomic E-state index is 11.8. The van der Waals surface area contributed by atoms with E-state index < -0.39 is 17.9 Å². The highest BCUT2D eigenvalue weighted by molar-refractivity contribution is 5.96. The molecule has 0 saturated heterocycles. The fourth-order valence-electron chi connectivity index (χ4n) is 1.73. The van der Waals surface area contributed by atoms with Crippen molar-refractivity contribution in [3.8, 4) is 6.07 Å². The summed E-state index contributed by atoms with van der Waals surface area (Å²) in [4.78, 5) is 23.6. The van der Waals surface area contributed by atoms with Crippen LogP contribution in [0.3, 0.4) is 0 Å². The minimum absolute atomic E-state index is 0.0109. The van der Waals surface area contributed by atoms with Gasteiger partial charge in [0.15, 0.2) is 0 Å². The molecular weight excluding hydrogens is 248 g/mol. The van der Waals surface area contributed by atoms with Crippen molar-refractivity contribution in [2.75, 3.05) is 13.2 Å². The number of hydrogen-bond acceptors (Lipinski definition) is 6. The fourth-order valence-corrected chi connectivity index (χ4v) is 1.73. The van der Waals surface area contributed by atoms with Crippen LogP contribution < -0.4 is 5.32 Å². The molecule has 1 aliphatic heterocycles. The zero-order chi connectivity index (χ0) is 14.3. The van der Waals surface area contributed by atoms with Gasteiger partial charge in [0.25, 0.3) is 0 Å². The Bertz CT molecular complexity index is 426. The predicted octanol–water partition coefficient (Wildman–Crippen LogP) is 1.01. The maximum Gasteiger partial charge on any atom is 0.336 e. The van der Waals surface area contributed by atoms with E-state index in [4.69, 9.17) is 14.7 Å². The highest BCUT2D eigenvalue weighted by Crippen LogP contribution is 2.27. The van der Waals surface area contributed by atoms with Crippen LogP contribution in [0.4, 0.5) is 0 Å². The zero-order valence-electron chi connectivity index (χ0n) is 10.9. The molecule has 0 radical (unpaired) electrons. The molecule has 0 atom stereocenters. The van der Waals surface area contributed by atoms with Gasteiger partial charge in [-0.1, -0.05) is 0 Å². The summed E-state index contributed by atoms with van der Waals surface area (Å²) in [6.07, 6.45) is 2.91. The molecule has 6 heteroatoms. The lowest BCUT2D eigenvalue weighted by molar-refractivity contribution is -0.140. The van der Waals surface area contributed by atoms with E-state index in [1.54, 1.807) is 13.8 Å². The van der Waals surface area contributed by atoms with Crippen LogP contribution in [0.1, 0.15) is 20.3 Å². The number of nitriles is 1. The first-order valence-electron chi connectivity index (χ1n) is 6.03. The van der Waals surface area contributed by atoms with E-state index in [1.165, 1.54) is 12.4 Å². The van der Waals surface area contributed by atoms with Crippen molar-refractivity contribution in [3.05, 3.63) is 23.5 Å². The SMILES string of the molecule is CCOC(=O)C1=CNC=C(C(=O)OCC)C1CC#N. The number of nitrogens with one attached hydrogen (secondary N) is 1. The molecule has 0 aromatic heterocycles. The second-order valence-corrected chi connectivity index (χ2v) is 3.72. The summed E-state index contributed by atoms with van der Waals surface area (Å²) in [5, 5.41) is 11.6. The summed E-state index contributed by atoms with van der Waals surface area (Å²) < 4.78 is 9.82. The lowest BCUT2D eigenvalue weighted by atomic mass is 9.87. The third-order valence-corrected chi connectivity index (χ3v) is 2.55. The topological polar surface area (TPSA) is 88.4 Å². The molecule has 0 saturated carbocycles. The highest BCUT2D eigenvalue weighted by atomic mass is 16.5. The van der Waals surface area contributed by atoms with E-state index in [9.17, 15) is 9.59 Å². The first kappa shape index (κ1) is 14.8. The molecule has 1 N–H and O–H groups in total. The first-order valence-corrected chi connectivity index (χ1v) is 6.03. The summed E-state index contributed by atoms with van der Waals surface area (Å²) in [5.74, 6) is -1.69. The molecule has 0 aromatic carbocycles. The van der Waals surface area contributed by atoms with Crippen molar-refractivity contribution in [2.45, 2.75) is 20.3 Å². The van der Waals surface area contributed by atoms with Gasteiger partial charge in [-0.15, -0.1) is 0 Å². The van der Waals surface area contributed by atoms with E-state index in [-0.39, 0.29) is 30.8 Å². The molecule has 0 aromatic rings. The van der Waals surface area contributed by atoms with Gasteiger partial charge in [-0.25, -0.2) is 9.59 Å². The third-order valence-electron chi connectivity index (χ3n) is 2.55. The Balaban J connectivity index is 2.96. The van der Waals surface area contributed by atoms with Gasteiger partial charge in [-0.3, -0.25) is 0 Å². The number of hydrogen-bond donors (Lipinski definition) is 1. The van der Waals surface area contributed by atoms with Crippen LogP contribution in [-0.2, 0) is 19.1 Å². The first-order chi connectivity index (χ1) is 9.15. The Morgan fingerprint density at radius 1 is 1.21 bits per heavy atom. The normalized spacial score (nSPS) is 14.6. The summed E-state index contributed by atoms with van der Waals surface area (Å²) in [6.45, 7) is 3.84. The van der Waals surface area contributed by atoms with Crippen molar-refractivity contribution in [3.63, 3.8) is 0 Å². The molecule has 19 heavy (non-hydrogen) atoms. The largest absolute Gasteiger partial charge is 0.463 e. The van der Waals surface area contributed by atoms with Crippen LogP contribution in [-0.4, -0.2) is 25.2 Å². The van der Waals surface area contributed by atoms with Crippen molar-refractivity contribution >= 4 is 11.9 Å². The molecule has 0 aliphatic carbocycles. The number of carbonyl (C=O) groups is 2. The molecule has 0 bridgehead atoms. The minimum Gasteiger partial charge on any atom is -0.463 e. The number of nitrogens with zero attached hydrogens (tertiary/aromatic N) is 1. The van der Waals surface area contributed by atoms with Crippen LogP contribution in [0.25, 0.3) is 0 Å². The summed E-state index contributed by atoms with van der Waals surface area (Å²) in [5.41, 5.74) is 0.517. The van der Waals surface area contributed by atoms with Crippen LogP contribution in [0, 0.1) is 17.2 Å². The summed E-state index contributed by atoms with van der Waals surface area (Å²) in [6, 6.07) is 1.97. The van der Waals surface area contributed by atoms with Gasteiger partial charge in [0.05, 0.1) is 30.4 Å². The molecular formula is C13H16N2O4. The molecule has 1 heterocycles. The lowest BCUT2D eigenvalue weighted by Gasteiger charge is -2.22. The number of rotatable bonds is 5. The van der Waals surface area contributed by atoms with Gasteiger partial charge in [0, 0.05) is 24.7 Å². The average Bonchev–Trinajstić information content (AvgIpc) is 2.39. The molecule has 1 aliphatic rings. The third kappa shape index (κ3) is 3.58. The molecule has 1 rings (SSSR count). The van der Waals surface area contributed by atoms with Crippen LogP contribution in [0.5, 0.6) is 0 Å². The predicted molar refractivity (Wildman–Crippen MR) is 66.3 cm³/mol. The Morgan fingerprint density at radius 2 is 1.68 bits per heavy atom. The molecule has 0 spiro atoms. The van der Waals surface area contributed by atoms with Gasteiger partial charge in [0.1, 0.15) is 0 Å². The number of ether oxygens (including phenoxy) is 2. The molecule has 102 valence electrons. The average molecular weight is 264 g/mol. The van der Waals surface area contributed by atoms with E-state index >= 15 is 0 Å². The quantitative estimate of drug-likeness (QED) is 0.746. The highest BCUT2D eigenvalue weighted by Gasteiger charge is 2.32. The Kier molecular flexibility index (Phi) is 5.61. The van der Waals surface area contributed by atoms with Gasteiger partial charge < -0.3 is 14.8 Å². The van der Waals surface area contributed by atoms with Gasteiger partial charge >= 0.3 is 11.9 Å². The second kappa shape index (κ2) is 7.21. The van der Waals surface area contributed by atoms with E-state index in [2.05, 4.69) is 5.32 Å². The fraction of sp³-hybridized carbons (Fsp3) is 0.462. The van der Waals surface area contributed by atoms with E-state index in [1.807, 2.05) is 6.07 Å². The van der Waals surface area contributed by atoms with Crippen LogP contribution in [0.2, 0.25) is 0 Å². The Labute approximate surface area is 111 Å². The number of dihydropyridines is 1. The monoisotopic (exact) mass is 264 g/mol. The number of esters is 2. The lowest BCUT2D eigenvalue weighted by Crippen LogP contribution is -2.28. The van der Waals surface area contributed by atoms with Crippen molar-refractivity contribution in [1.82, 2.24) is 5.32 Å². The summed E-state index contributed by atoms with van der Waals surface area (Å²) >= 11 is 0. The van der Waals surface area contributed by atoms with Crippen molar-refractivity contribution in [2.24, 2.45) is 5.92 Å². The van der Waals surface area contributed by atoms with Gasteiger partial charge in [0.2, 0.25) is 0 Å². The maximum atomic E-state index is 11.8. The van der Waals surface area contributed by atoms with Gasteiger partial charge in [-0.05, 0) is 13.8 Å². The zero-order valence-corrected chi connectivity index (χ0v) is 10.9. The molecule has 0 amide bonds. The smallest absolute Gasteiger partial charge is 0.336 e. The standard InChI is InChI=1S/C13H16N2O4/c1-3-18-12(16)10-7-15-8-11(9(10)5-6-14)13(17)19-4-2/h7-9,15H,3-5H2,1-2H3. The molecule has 0 unspecified atom stereocenters. The molecule has 0 fully saturated rings. The number of carbonyl (C=O) groups excluding carboxylic acids is 2. The Morgan fingerprint density at radius 3 is 2.05 bits per heavy atom. The molecule has 6 nitrogen and oxygen atoms in total. The summed E-state index contributed by atoms with van der Waals surface area (Å²) in [7, 11) is 0. The second-order valence-electron chi connectivity index (χ2n) is 3.72. The van der Waals surface area contributed by atoms with E-state index in [0.717, 1.165) is 0 Å². The van der Waals surface area contributed by atoms with Crippen LogP contribution >= 0.6 is 0 Å². The van der Waals surface area contributed by atoms with Crippen molar-refractivity contribution < 1.29 is 19.1 Å². The van der Waals surface area contributed by atoms with Gasteiger partial charge in [-0.2, -0.15) is 5.26 Å². The van der Waals surface area contributed by atoms with E-state index in [0.29, 0.717) is 0 Å². The van der Waals surface area contributed by atoms with Crippen LogP contribution in [0.15, 0.2) is 23.5 Å². The van der Waals surface area contributed by atoms with Crippen molar-refractivity contribution in [1.29, 1.82) is 5.26 Å². The minimum atomic E-state index is -0.621. The Hall–Kier alpha value is -2.29.